The number of amides is 1. The molecule has 0 unspecified atom stereocenters. The fraction of sp³-hybridized carbons (Fsp3) is 0.368. The number of hydrogen-bond donors (Lipinski definition) is 2. The normalized spacial score (nSPS) is 16.4. The Morgan fingerprint density at radius 1 is 1.20 bits per heavy atom. The summed E-state index contributed by atoms with van der Waals surface area (Å²) in [5.74, 6) is -0.346. The molecule has 0 spiro atoms. The van der Waals surface area contributed by atoms with E-state index in [1.165, 1.54) is 0 Å². The van der Waals surface area contributed by atoms with Gasteiger partial charge in [-0.25, -0.2) is 0 Å². The van der Waals surface area contributed by atoms with Crippen LogP contribution in [0.1, 0.15) is 17.3 Å². The number of carbonyl (C=O) groups is 1. The Bertz CT molecular complexity index is 767. The topological polar surface area (TPSA) is 74.4 Å². The van der Waals surface area contributed by atoms with Crippen LogP contribution in [0.25, 0.3) is 11.3 Å². The second-order valence-electron chi connectivity index (χ2n) is 6.19. The van der Waals surface area contributed by atoms with Crippen molar-refractivity contribution in [1.82, 2.24) is 15.2 Å². The largest absolute Gasteiger partial charge is 0.379 e. The Balaban J connectivity index is 1.63. The number of H-pyrrole nitrogens is 1. The summed E-state index contributed by atoms with van der Waals surface area (Å²) >= 11 is 0. The van der Waals surface area contributed by atoms with Crippen LogP contribution in [0.15, 0.2) is 47.3 Å². The molecule has 2 aromatic rings. The molecule has 2 N–H and O–H groups in total. The Morgan fingerprint density at radius 2 is 1.92 bits per heavy atom. The Kier molecular flexibility index (Phi) is 5.63. The molecular weight excluding hydrogens is 318 g/mol. The molecule has 6 nitrogen and oxygen atoms in total. The van der Waals surface area contributed by atoms with Crippen molar-refractivity contribution in [3.63, 3.8) is 0 Å². The standard InChI is InChI=1S/C19H23N3O3/c1-14(22-9-11-25-12-10-22)13-20-18(23)16-7-8-17(21-19(16)24)15-5-3-2-4-6-15/h2-8,14H,9-13H2,1H3,(H,20,23)(H,21,24)/t14-/m1/s1. The fourth-order valence-electron chi connectivity index (χ4n) is 2.92. The van der Waals surface area contributed by atoms with Gasteiger partial charge in [0.15, 0.2) is 0 Å². The maximum atomic E-state index is 12.3. The Morgan fingerprint density at radius 3 is 2.60 bits per heavy atom. The maximum absolute atomic E-state index is 12.3. The van der Waals surface area contributed by atoms with Gasteiger partial charge >= 0.3 is 0 Å². The summed E-state index contributed by atoms with van der Waals surface area (Å²) in [6.45, 7) is 5.73. The van der Waals surface area contributed by atoms with E-state index in [1.54, 1.807) is 12.1 Å². The van der Waals surface area contributed by atoms with E-state index in [4.69, 9.17) is 4.74 Å². The predicted molar refractivity (Wildman–Crippen MR) is 96.7 cm³/mol. The highest BCUT2D eigenvalue weighted by Gasteiger charge is 2.18. The molecule has 132 valence electrons. The minimum absolute atomic E-state index is 0.133. The molecule has 1 aliphatic rings. The first-order valence-corrected chi connectivity index (χ1v) is 8.54. The highest BCUT2D eigenvalue weighted by atomic mass is 16.5. The molecule has 1 aliphatic heterocycles. The SMILES string of the molecule is C[C@H](CNC(=O)c1ccc(-c2ccccc2)[nH]c1=O)N1CCOCC1. The number of pyridine rings is 1. The number of rotatable bonds is 5. The molecule has 1 aromatic heterocycles. The van der Waals surface area contributed by atoms with Crippen LogP contribution in [0.5, 0.6) is 0 Å². The first kappa shape index (κ1) is 17.4. The van der Waals surface area contributed by atoms with Crippen molar-refractivity contribution < 1.29 is 9.53 Å². The molecule has 1 saturated heterocycles. The second kappa shape index (κ2) is 8.09. The molecule has 3 rings (SSSR count). The van der Waals surface area contributed by atoms with Crippen molar-refractivity contribution in [3.8, 4) is 11.3 Å². The van der Waals surface area contributed by atoms with Gasteiger partial charge in [-0.1, -0.05) is 30.3 Å². The van der Waals surface area contributed by atoms with Crippen molar-refractivity contribution in [1.29, 1.82) is 0 Å². The number of hydrogen-bond acceptors (Lipinski definition) is 4. The van der Waals surface area contributed by atoms with Crippen molar-refractivity contribution in [2.24, 2.45) is 0 Å². The summed E-state index contributed by atoms with van der Waals surface area (Å²) < 4.78 is 5.33. The molecule has 0 saturated carbocycles. The van der Waals surface area contributed by atoms with Crippen LogP contribution >= 0.6 is 0 Å². The summed E-state index contributed by atoms with van der Waals surface area (Å²) in [5.41, 5.74) is 1.36. The van der Waals surface area contributed by atoms with Crippen LogP contribution in [-0.4, -0.2) is 54.7 Å². The van der Waals surface area contributed by atoms with Gasteiger partial charge in [-0.2, -0.15) is 0 Å². The number of aromatic nitrogens is 1. The lowest BCUT2D eigenvalue weighted by Crippen LogP contribution is -2.47. The van der Waals surface area contributed by atoms with Crippen LogP contribution in [0.3, 0.4) is 0 Å². The number of carbonyl (C=O) groups excluding carboxylic acids is 1. The van der Waals surface area contributed by atoms with E-state index in [2.05, 4.69) is 22.1 Å². The van der Waals surface area contributed by atoms with E-state index in [9.17, 15) is 9.59 Å². The van der Waals surface area contributed by atoms with Gasteiger partial charge in [0.25, 0.3) is 11.5 Å². The highest BCUT2D eigenvalue weighted by Crippen LogP contribution is 2.14. The quantitative estimate of drug-likeness (QED) is 0.864. The van der Waals surface area contributed by atoms with Crippen molar-refractivity contribution in [2.75, 3.05) is 32.8 Å². The molecule has 6 heteroatoms. The fourth-order valence-corrected chi connectivity index (χ4v) is 2.92. The van der Waals surface area contributed by atoms with Crippen LogP contribution in [-0.2, 0) is 4.74 Å². The van der Waals surface area contributed by atoms with Gasteiger partial charge in [0.1, 0.15) is 5.56 Å². The average Bonchev–Trinajstić information content (AvgIpc) is 2.67. The molecule has 2 heterocycles. The van der Waals surface area contributed by atoms with Gasteiger partial charge in [0, 0.05) is 31.4 Å². The van der Waals surface area contributed by atoms with E-state index < -0.39 is 0 Å². The molecule has 1 aromatic carbocycles. The summed E-state index contributed by atoms with van der Waals surface area (Å²) in [5, 5.41) is 2.85. The lowest BCUT2D eigenvalue weighted by atomic mass is 10.1. The van der Waals surface area contributed by atoms with E-state index >= 15 is 0 Å². The third-order valence-electron chi connectivity index (χ3n) is 4.47. The smallest absolute Gasteiger partial charge is 0.261 e. The zero-order chi connectivity index (χ0) is 17.6. The Labute approximate surface area is 146 Å². The lowest BCUT2D eigenvalue weighted by molar-refractivity contribution is 0.0204. The van der Waals surface area contributed by atoms with Crippen LogP contribution in [0, 0.1) is 0 Å². The van der Waals surface area contributed by atoms with Gasteiger partial charge in [0.2, 0.25) is 0 Å². The van der Waals surface area contributed by atoms with Gasteiger partial charge in [0.05, 0.1) is 13.2 Å². The Hall–Kier alpha value is -2.44. The molecule has 1 amide bonds. The zero-order valence-corrected chi connectivity index (χ0v) is 14.3. The predicted octanol–water partition coefficient (Wildman–Crippen LogP) is 1.49. The summed E-state index contributed by atoms with van der Waals surface area (Å²) in [6, 6.07) is 13.1. The van der Waals surface area contributed by atoms with Crippen LogP contribution in [0.2, 0.25) is 0 Å². The molecule has 0 radical (unpaired) electrons. The lowest BCUT2D eigenvalue weighted by Gasteiger charge is -2.32. The summed E-state index contributed by atoms with van der Waals surface area (Å²) in [7, 11) is 0. The van der Waals surface area contributed by atoms with E-state index in [-0.39, 0.29) is 23.1 Å². The molecule has 0 aliphatic carbocycles. The zero-order valence-electron chi connectivity index (χ0n) is 14.3. The molecule has 1 fully saturated rings. The number of nitrogens with zero attached hydrogens (tertiary/aromatic N) is 1. The second-order valence-corrected chi connectivity index (χ2v) is 6.19. The van der Waals surface area contributed by atoms with Crippen molar-refractivity contribution in [2.45, 2.75) is 13.0 Å². The minimum Gasteiger partial charge on any atom is -0.379 e. The highest BCUT2D eigenvalue weighted by molar-refractivity contribution is 5.94. The van der Waals surface area contributed by atoms with Gasteiger partial charge in [-0.15, -0.1) is 0 Å². The molecule has 25 heavy (non-hydrogen) atoms. The third kappa shape index (κ3) is 4.35. The van der Waals surface area contributed by atoms with Gasteiger partial charge < -0.3 is 15.0 Å². The first-order valence-electron chi connectivity index (χ1n) is 8.54. The average molecular weight is 341 g/mol. The number of nitrogens with one attached hydrogen (secondary N) is 2. The van der Waals surface area contributed by atoms with Crippen molar-refractivity contribution >= 4 is 5.91 Å². The summed E-state index contributed by atoms with van der Waals surface area (Å²) in [4.78, 5) is 29.6. The van der Waals surface area contributed by atoms with Crippen LogP contribution < -0.4 is 10.9 Å². The number of morpholine rings is 1. The molecule has 1 atom stereocenters. The van der Waals surface area contributed by atoms with Gasteiger partial charge in [-0.3, -0.25) is 14.5 Å². The molecule has 0 bridgehead atoms. The van der Waals surface area contributed by atoms with Crippen LogP contribution in [0.4, 0.5) is 0 Å². The van der Waals surface area contributed by atoms with E-state index in [1.807, 2.05) is 30.3 Å². The van der Waals surface area contributed by atoms with Crippen molar-refractivity contribution in [3.05, 3.63) is 58.4 Å². The summed E-state index contributed by atoms with van der Waals surface area (Å²) in [6.07, 6.45) is 0. The third-order valence-corrected chi connectivity index (χ3v) is 4.47. The maximum Gasteiger partial charge on any atom is 0.261 e. The molecular formula is C19H23N3O3. The van der Waals surface area contributed by atoms with E-state index in [0.717, 1.165) is 31.9 Å². The number of aromatic amines is 1. The number of benzene rings is 1. The van der Waals surface area contributed by atoms with Gasteiger partial charge in [-0.05, 0) is 24.6 Å². The van der Waals surface area contributed by atoms with E-state index in [0.29, 0.717) is 12.2 Å². The monoisotopic (exact) mass is 341 g/mol. The first-order chi connectivity index (χ1) is 12.1. The minimum atomic E-state index is -0.377. The number of ether oxygens (including phenoxy) is 1.